The van der Waals surface area contributed by atoms with E-state index in [1.807, 2.05) is 20.8 Å². The Morgan fingerprint density at radius 3 is 2.48 bits per heavy atom. The predicted octanol–water partition coefficient (Wildman–Crippen LogP) is 2.63. The molecule has 0 atom stereocenters. The minimum atomic E-state index is -0.416. The molecule has 3 aromatic rings. The molecule has 2 amide bonds. The smallest absolute Gasteiger partial charge is 0.276 e. The molecular weight excluding hydrogens is 366 g/mol. The van der Waals surface area contributed by atoms with E-state index in [0.29, 0.717) is 16.9 Å². The van der Waals surface area contributed by atoms with Crippen LogP contribution in [-0.4, -0.2) is 36.5 Å². The summed E-state index contributed by atoms with van der Waals surface area (Å²) in [6.45, 7) is 7.46. The summed E-state index contributed by atoms with van der Waals surface area (Å²) in [4.78, 5) is 36.2. The van der Waals surface area contributed by atoms with Crippen LogP contribution in [0.15, 0.2) is 29.9 Å². The van der Waals surface area contributed by atoms with Gasteiger partial charge in [0.25, 0.3) is 11.9 Å². The van der Waals surface area contributed by atoms with Crippen molar-refractivity contribution in [3.05, 3.63) is 41.3 Å². The van der Waals surface area contributed by atoms with Crippen LogP contribution < -0.4 is 10.6 Å². The van der Waals surface area contributed by atoms with Gasteiger partial charge in [-0.2, -0.15) is 9.78 Å². The number of rotatable bonds is 4. The van der Waals surface area contributed by atoms with E-state index < -0.39 is 5.91 Å². The van der Waals surface area contributed by atoms with Crippen LogP contribution >= 0.6 is 11.3 Å². The molecule has 0 radical (unpaired) electrons. The van der Waals surface area contributed by atoms with E-state index in [1.165, 1.54) is 22.9 Å². The summed E-state index contributed by atoms with van der Waals surface area (Å²) in [7, 11) is 0. The van der Waals surface area contributed by atoms with Gasteiger partial charge < -0.3 is 10.6 Å². The first-order chi connectivity index (χ1) is 12.7. The Bertz CT molecular complexity index is 973. The molecule has 0 aromatic carbocycles. The average molecular weight is 385 g/mol. The monoisotopic (exact) mass is 385 g/mol. The molecule has 27 heavy (non-hydrogen) atoms. The van der Waals surface area contributed by atoms with Gasteiger partial charge in [-0.25, -0.2) is 15.0 Å². The fourth-order valence-electron chi connectivity index (χ4n) is 2.16. The van der Waals surface area contributed by atoms with Crippen molar-refractivity contribution in [1.29, 1.82) is 0 Å². The highest BCUT2D eigenvalue weighted by Crippen LogP contribution is 2.26. The van der Waals surface area contributed by atoms with Crippen molar-refractivity contribution in [3.8, 4) is 5.95 Å². The van der Waals surface area contributed by atoms with Crippen LogP contribution in [0.5, 0.6) is 0 Å². The maximum absolute atomic E-state index is 12.6. The zero-order valence-electron chi connectivity index (χ0n) is 15.3. The fraction of sp³-hybridized carbons (Fsp3) is 0.294. The summed E-state index contributed by atoms with van der Waals surface area (Å²) < 4.78 is 1.49. The standard InChI is InChI=1S/C17H19N7O2S/c1-10(25)20-16-21-11(9-27-16)14(26)22-13-8-12(17(2,3)4)23-24(13)15-18-6-5-7-19-15/h5-9H,1-4H3,(H,22,26)(H,20,21,25). The highest BCUT2D eigenvalue weighted by molar-refractivity contribution is 7.14. The number of carbonyl (C=O) groups is 2. The van der Waals surface area contributed by atoms with E-state index in [-0.39, 0.29) is 17.0 Å². The van der Waals surface area contributed by atoms with Crippen LogP contribution in [0.1, 0.15) is 43.9 Å². The van der Waals surface area contributed by atoms with Crippen molar-refractivity contribution in [2.75, 3.05) is 10.6 Å². The molecule has 0 fully saturated rings. The van der Waals surface area contributed by atoms with Crippen molar-refractivity contribution >= 4 is 34.1 Å². The van der Waals surface area contributed by atoms with E-state index in [0.717, 1.165) is 5.69 Å². The molecule has 0 saturated carbocycles. The van der Waals surface area contributed by atoms with Gasteiger partial charge in [-0.15, -0.1) is 11.3 Å². The van der Waals surface area contributed by atoms with Crippen LogP contribution in [0.3, 0.4) is 0 Å². The number of nitrogens with zero attached hydrogens (tertiary/aromatic N) is 5. The molecule has 0 aliphatic rings. The van der Waals surface area contributed by atoms with Crippen molar-refractivity contribution in [2.45, 2.75) is 33.1 Å². The lowest BCUT2D eigenvalue weighted by molar-refractivity contribution is -0.114. The minimum Gasteiger partial charge on any atom is -0.305 e. The largest absolute Gasteiger partial charge is 0.305 e. The third-order valence-electron chi connectivity index (χ3n) is 3.48. The van der Waals surface area contributed by atoms with Gasteiger partial charge in [0.2, 0.25) is 5.91 Å². The second-order valence-corrected chi connectivity index (χ2v) is 7.66. The molecule has 9 nitrogen and oxygen atoms in total. The van der Waals surface area contributed by atoms with E-state index >= 15 is 0 Å². The Hall–Kier alpha value is -3.14. The fourth-order valence-corrected chi connectivity index (χ4v) is 2.89. The number of aromatic nitrogens is 5. The van der Waals surface area contributed by atoms with Crippen LogP contribution in [0, 0.1) is 0 Å². The molecule has 10 heteroatoms. The molecule has 0 spiro atoms. The van der Waals surface area contributed by atoms with Gasteiger partial charge in [-0.3, -0.25) is 9.59 Å². The number of anilines is 2. The molecular formula is C17H19N7O2S. The second kappa shape index (κ2) is 7.23. The third-order valence-corrected chi connectivity index (χ3v) is 4.24. The van der Waals surface area contributed by atoms with Gasteiger partial charge >= 0.3 is 0 Å². The molecule has 3 heterocycles. The molecule has 0 bridgehead atoms. The number of hydrogen-bond donors (Lipinski definition) is 2. The Labute approximate surface area is 159 Å². The number of amides is 2. The second-order valence-electron chi connectivity index (χ2n) is 6.80. The quantitative estimate of drug-likeness (QED) is 0.713. The van der Waals surface area contributed by atoms with Gasteiger partial charge in [0.15, 0.2) is 5.13 Å². The Balaban J connectivity index is 1.91. The molecule has 140 valence electrons. The summed E-state index contributed by atoms with van der Waals surface area (Å²) in [5.74, 6) is 0.122. The highest BCUT2D eigenvalue weighted by Gasteiger charge is 2.23. The van der Waals surface area contributed by atoms with Crippen molar-refractivity contribution in [1.82, 2.24) is 24.7 Å². The molecule has 3 aromatic heterocycles. The molecule has 0 aliphatic heterocycles. The van der Waals surface area contributed by atoms with Crippen LogP contribution in [0.4, 0.5) is 10.9 Å². The summed E-state index contributed by atoms with van der Waals surface area (Å²) >= 11 is 1.18. The number of hydrogen-bond acceptors (Lipinski definition) is 7. The van der Waals surface area contributed by atoms with Crippen LogP contribution in [0.25, 0.3) is 5.95 Å². The van der Waals surface area contributed by atoms with E-state index in [2.05, 4.69) is 30.7 Å². The number of thiazole rings is 1. The zero-order valence-corrected chi connectivity index (χ0v) is 16.2. The molecule has 3 rings (SSSR count). The minimum absolute atomic E-state index is 0.197. The Morgan fingerprint density at radius 1 is 1.15 bits per heavy atom. The molecule has 0 saturated heterocycles. The zero-order chi connectivity index (χ0) is 19.6. The maximum atomic E-state index is 12.6. The first-order valence-corrected chi connectivity index (χ1v) is 9.04. The lowest BCUT2D eigenvalue weighted by Crippen LogP contribution is -2.17. The molecule has 0 aliphatic carbocycles. The van der Waals surface area contributed by atoms with Gasteiger partial charge in [0, 0.05) is 36.2 Å². The van der Waals surface area contributed by atoms with E-state index in [1.54, 1.807) is 29.9 Å². The van der Waals surface area contributed by atoms with Crippen LogP contribution in [0.2, 0.25) is 0 Å². The van der Waals surface area contributed by atoms with E-state index in [4.69, 9.17) is 0 Å². The average Bonchev–Trinajstić information content (AvgIpc) is 3.22. The summed E-state index contributed by atoms with van der Waals surface area (Å²) in [5.41, 5.74) is 0.754. The highest BCUT2D eigenvalue weighted by atomic mass is 32.1. The van der Waals surface area contributed by atoms with Gasteiger partial charge in [-0.1, -0.05) is 20.8 Å². The van der Waals surface area contributed by atoms with Gasteiger partial charge in [0.1, 0.15) is 11.5 Å². The topological polar surface area (TPSA) is 115 Å². The molecule has 2 N–H and O–H groups in total. The Kier molecular flexibility index (Phi) is 5.00. The summed E-state index contributed by atoms with van der Waals surface area (Å²) in [5, 5.41) is 11.8. The summed E-state index contributed by atoms with van der Waals surface area (Å²) in [6, 6.07) is 3.49. The predicted molar refractivity (Wildman–Crippen MR) is 102 cm³/mol. The van der Waals surface area contributed by atoms with E-state index in [9.17, 15) is 9.59 Å². The number of carbonyl (C=O) groups excluding carboxylic acids is 2. The van der Waals surface area contributed by atoms with Crippen molar-refractivity contribution < 1.29 is 9.59 Å². The number of nitrogens with one attached hydrogen (secondary N) is 2. The first kappa shape index (κ1) is 18.6. The lowest BCUT2D eigenvalue weighted by Gasteiger charge is -2.13. The van der Waals surface area contributed by atoms with Crippen LogP contribution in [-0.2, 0) is 10.2 Å². The molecule has 0 unspecified atom stereocenters. The lowest BCUT2D eigenvalue weighted by atomic mass is 9.92. The SMILES string of the molecule is CC(=O)Nc1nc(C(=O)Nc2cc(C(C)(C)C)nn2-c2ncccn2)cs1. The normalized spacial score (nSPS) is 11.3. The van der Waals surface area contributed by atoms with Gasteiger partial charge in [0.05, 0.1) is 5.69 Å². The van der Waals surface area contributed by atoms with Crippen molar-refractivity contribution in [3.63, 3.8) is 0 Å². The summed E-state index contributed by atoms with van der Waals surface area (Å²) in [6.07, 6.45) is 3.21. The third kappa shape index (κ3) is 4.34. The first-order valence-electron chi connectivity index (χ1n) is 8.16. The van der Waals surface area contributed by atoms with Gasteiger partial charge in [-0.05, 0) is 6.07 Å². The Morgan fingerprint density at radius 2 is 1.85 bits per heavy atom. The maximum Gasteiger partial charge on any atom is 0.276 e. The van der Waals surface area contributed by atoms with Crippen molar-refractivity contribution in [2.24, 2.45) is 0 Å².